The molecule has 0 aromatic carbocycles. The second kappa shape index (κ2) is 8.06. The molecule has 0 aromatic heterocycles. The minimum absolute atomic E-state index is 0.938. The molecule has 0 atom stereocenters. The largest absolute Gasteiger partial charge is 0.550 e. The van der Waals surface area contributed by atoms with Gasteiger partial charge in [-0.05, 0) is 28.2 Å². The Kier molecular flexibility index (Phi) is 7.32. The summed E-state index contributed by atoms with van der Waals surface area (Å²) >= 11 is 0. The van der Waals surface area contributed by atoms with Crippen LogP contribution in [0.2, 0.25) is 0 Å². The Labute approximate surface area is 139 Å². The zero-order valence-electron chi connectivity index (χ0n) is 14.0. The van der Waals surface area contributed by atoms with E-state index in [9.17, 15) is 39.6 Å². The topological polar surface area (TPSA) is 167 Å². The van der Waals surface area contributed by atoms with E-state index >= 15 is 0 Å². The van der Waals surface area contributed by atoms with Gasteiger partial charge in [0.15, 0.2) is 0 Å². The van der Waals surface area contributed by atoms with Crippen LogP contribution in [0.25, 0.3) is 0 Å². The highest BCUT2D eigenvalue weighted by molar-refractivity contribution is 5.76. The highest BCUT2D eigenvalue weighted by Gasteiger charge is 2.54. The Morgan fingerprint density at radius 1 is 0.583 bits per heavy atom. The molecule has 138 valence electrons. The van der Waals surface area contributed by atoms with Crippen LogP contribution in [0.5, 0.6) is 0 Å². The summed E-state index contributed by atoms with van der Waals surface area (Å²) in [5, 5.41) is 45.0. The van der Waals surface area contributed by atoms with Crippen LogP contribution >= 0.6 is 0 Å². The molecule has 0 fully saturated rings. The summed E-state index contributed by atoms with van der Waals surface area (Å²) in [6.45, 7) is 0. The van der Waals surface area contributed by atoms with E-state index in [1.807, 2.05) is 0 Å². The van der Waals surface area contributed by atoms with Gasteiger partial charge in [-0.25, -0.2) is 0 Å². The van der Waals surface area contributed by atoms with Crippen LogP contribution < -0.4 is 20.4 Å². The minimum atomic E-state index is -1.96. The number of hydrogen-bond donors (Lipinski definition) is 0. The number of aliphatic carboxylic acids is 4. The maximum atomic E-state index is 11.2. The van der Waals surface area contributed by atoms with Gasteiger partial charge in [0, 0.05) is 60.6 Å². The van der Waals surface area contributed by atoms with Gasteiger partial charge >= 0.3 is 0 Å². The van der Waals surface area contributed by atoms with Crippen LogP contribution in [-0.2, 0) is 19.2 Å². The van der Waals surface area contributed by atoms with Crippen LogP contribution in [-0.4, -0.2) is 72.9 Å². The van der Waals surface area contributed by atoms with Crippen molar-refractivity contribution in [1.82, 2.24) is 9.80 Å². The molecule has 0 unspecified atom stereocenters. The van der Waals surface area contributed by atoms with Gasteiger partial charge in [0.25, 0.3) is 0 Å². The molecule has 0 aromatic rings. The average Bonchev–Trinajstić information content (AvgIpc) is 2.33. The predicted octanol–water partition coefficient (Wildman–Crippen LogP) is -5.85. The fourth-order valence-corrected chi connectivity index (χ4v) is 3.20. The first-order valence-electron chi connectivity index (χ1n) is 6.95. The standard InChI is InChI=1S/C14H24N2O8/c1-15(2)13(5-9(17)18,6-10(19)20)14(16(3)4,7-11(21)22)8-12(23)24/h5-8H2,1-4H3,(H,17,18)(H,19,20)(H,21,22)(H,23,24)/p-4. The van der Waals surface area contributed by atoms with E-state index < -0.39 is 60.6 Å². The zero-order chi connectivity index (χ0) is 19.3. The first kappa shape index (κ1) is 21.8. The number of nitrogens with zero attached hydrogens (tertiary/aromatic N) is 2. The molecule has 24 heavy (non-hydrogen) atoms. The molecule has 0 heterocycles. The number of carbonyl (C=O) groups excluding carboxylic acids is 4. The molecule has 0 bridgehead atoms. The van der Waals surface area contributed by atoms with Crippen LogP contribution in [0.1, 0.15) is 25.7 Å². The van der Waals surface area contributed by atoms with Crippen LogP contribution in [0.15, 0.2) is 0 Å². The smallest absolute Gasteiger partial charge is 0.0498 e. The lowest BCUT2D eigenvalue weighted by Gasteiger charge is -2.58. The Morgan fingerprint density at radius 2 is 0.750 bits per heavy atom. The third-order valence-electron chi connectivity index (χ3n) is 4.33. The van der Waals surface area contributed by atoms with E-state index in [4.69, 9.17) is 0 Å². The molecule has 0 aliphatic rings. The second-order valence-corrected chi connectivity index (χ2v) is 6.05. The maximum Gasteiger partial charge on any atom is 0.0498 e. The lowest BCUT2D eigenvalue weighted by molar-refractivity contribution is -0.325. The van der Waals surface area contributed by atoms with Gasteiger partial charge in [-0.1, -0.05) is 0 Å². The molecule has 0 amide bonds. The van der Waals surface area contributed by atoms with Crippen LogP contribution in [0.4, 0.5) is 0 Å². The van der Waals surface area contributed by atoms with Crippen molar-refractivity contribution in [3.8, 4) is 0 Å². The summed E-state index contributed by atoms with van der Waals surface area (Å²) in [7, 11) is 5.26. The Morgan fingerprint density at radius 3 is 0.833 bits per heavy atom. The lowest BCUT2D eigenvalue weighted by atomic mass is 9.66. The zero-order valence-corrected chi connectivity index (χ0v) is 14.0. The van der Waals surface area contributed by atoms with E-state index in [2.05, 4.69) is 0 Å². The molecule has 0 aliphatic heterocycles. The third-order valence-corrected chi connectivity index (χ3v) is 4.33. The van der Waals surface area contributed by atoms with Crippen molar-refractivity contribution in [2.75, 3.05) is 28.2 Å². The first-order valence-corrected chi connectivity index (χ1v) is 6.95. The van der Waals surface area contributed by atoms with Gasteiger partial charge < -0.3 is 49.4 Å². The highest BCUT2D eigenvalue weighted by Crippen LogP contribution is 2.42. The second-order valence-electron chi connectivity index (χ2n) is 6.05. The fourth-order valence-electron chi connectivity index (χ4n) is 3.20. The molecular formula is C14H20N2O8-4. The van der Waals surface area contributed by atoms with E-state index in [1.165, 1.54) is 28.2 Å². The summed E-state index contributed by atoms with van der Waals surface area (Å²) in [5.74, 6) is -6.69. The summed E-state index contributed by atoms with van der Waals surface area (Å²) in [4.78, 5) is 47.3. The molecular weight excluding hydrogens is 324 g/mol. The molecule has 0 spiro atoms. The molecule has 0 radical (unpaired) electrons. The third kappa shape index (κ3) is 4.65. The summed E-state index contributed by atoms with van der Waals surface area (Å²) in [6, 6.07) is 0. The van der Waals surface area contributed by atoms with Gasteiger partial charge in [0.05, 0.1) is 0 Å². The van der Waals surface area contributed by atoms with Crippen molar-refractivity contribution >= 4 is 23.9 Å². The SMILES string of the molecule is CN(C)C(CC(=O)[O-])(CC(=O)[O-])C(CC(=O)[O-])(CC(=O)[O-])N(C)C. The van der Waals surface area contributed by atoms with Crippen LogP contribution in [0.3, 0.4) is 0 Å². The Hall–Kier alpha value is -2.20. The molecule has 0 rings (SSSR count). The molecule has 10 nitrogen and oxygen atoms in total. The molecule has 10 heteroatoms. The number of hydrogen-bond acceptors (Lipinski definition) is 10. The quantitative estimate of drug-likeness (QED) is 0.352. The van der Waals surface area contributed by atoms with Crippen molar-refractivity contribution in [2.24, 2.45) is 0 Å². The maximum absolute atomic E-state index is 11.2. The summed E-state index contributed by atoms with van der Waals surface area (Å²) in [6.07, 6.45) is -3.75. The van der Waals surface area contributed by atoms with Crippen LogP contribution in [0, 0.1) is 0 Å². The van der Waals surface area contributed by atoms with Gasteiger partial charge in [0.1, 0.15) is 0 Å². The van der Waals surface area contributed by atoms with Crippen molar-refractivity contribution < 1.29 is 39.6 Å². The van der Waals surface area contributed by atoms with Crippen molar-refractivity contribution in [2.45, 2.75) is 36.8 Å². The van der Waals surface area contributed by atoms with Gasteiger partial charge in [-0.2, -0.15) is 0 Å². The number of carbonyl (C=O) groups is 4. The van der Waals surface area contributed by atoms with E-state index in [0.29, 0.717) is 0 Å². The molecule has 0 saturated heterocycles. The molecule has 0 N–H and O–H groups in total. The number of rotatable bonds is 11. The lowest BCUT2D eigenvalue weighted by Crippen LogP contribution is -2.72. The number of carboxylic acid groups (broad SMARTS) is 4. The number of carboxylic acids is 4. The minimum Gasteiger partial charge on any atom is -0.550 e. The Bertz CT molecular complexity index is 437. The fraction of sp³-hybridized carbons (Fsp3) is 0.714. The number of likely N-dealkylation sites (N-methyl/N-ethyl adjacent to an activating group) is 2. The predicted molar refractivity (Wildman–Crippen MR) is 71.3 cm³/mol. The van der Waals surface area contributed by atoms with E-state index in [1.54, 1.807) is 0 Å². The first-order chi connectivity index (χ1) is 10.8. The molecule has 0 aliphatic carbocycles. The van der Waals surface area contributed by atoms with Gasteiger partial charge in [0.2, 0.25) is 0 Å². The summed E-state index contributed by atoms with van der Waals surface area (Å²) in [5.41, 5.74) is -3.93. The normalized spacial score (nSPS) is 12.4. The molecule has 0 saturated carbocycles. The van der Waals surface area contributed by atoms with E-state index in [-0.39, 0.29) is 0 Å². The van der Waals surface area contributed by atoms with Crippen molar-refractivity contribution in [3.63, 3.8) is 0 Å². The monoisotopic (exact) mass is 344 g/mol. The van der Waals surface area contributed by atoms with Gasteiger partial charge in [-0.3, -0.25) is 0 Å². The average molecular weight is 344 g/mol. The Balaban J connectivity index is 6.69. The van der Waals surface area contributed by atoms with Crippen molar-refractivity contribution in [1.29, 1.82) is 0 Å². The van der Waals surface area contributed by atoms with E-state index in [0.717, 1.165) is 9.80 Å². The van der Waals surface area contributed by atoms with Crippen molar-refractivity contribution in [3.05, 3.63) is 0 Å². The van der Waals surface area contributed by atoms with Gasteiger partial charge in [-0.15, -0.1) is 0 Å². The highest BCUT2D eigenvalue weighted by atomic mass is 16.4. The summed E-state index contributed by atoms with van der Waals surface area (Å²) < 4.78 is 0.